The van der Waals surface area contributed by atoms with Crippen molar-refractivity contribution in [2.24, 2.45) is 0 Å². The van der Waals surface area contributed by atoms with E-state index in [0.29, 0.717) is 23.5 Å². The number of ether oxygens (including phenoxy) is 2. The Morgan fingerprint density at radius 1 is 1.00 bits per heavy atom. The summed E-state index contributed by atoms with van der Waals surface area (Å²) in [6.45, 7) is 0.177. The number of rotatable bonds is 5. The first-order valence-electron chi connectivity index (χ1n) is 9.45. The van der Waals surface area contributed by atoms with E-state index in [1.807, 2.05) is 54.6 Å². The summed E-state index contributed by atoms with van der Waals surface area (Å²) in [4.78, 5) is 21.0. The number of hydrogen-bond acceptors (Lipinski definition) is 4. The van der Waals surface area contributed by atoms with Crippen molar-refractivity contribution in [3.05, 3.63) is 89.7 Å². The molecule has 0 bridgehead atoms. The van der Waals surface area contributed by atoms with Gasteiger partial charge in [0.1, 0.15) is 5.82 Å². The first kappa shape index (κ1) is 17.3. The Morgan fingerprint density at radius 3 is 2.66 bits per heavy atom. The highest BCUT2D eigenvalue weighted by Crippen LogP contribution is 2.32. The van der Waals surface area contributed by atoms with Gasteiger partial charge in [0.25, 0.3) is 5.91 Å². The molecule has 0 saturated carbocycles. The number of H-pyrrole nitrogens is 1. The lowest BCUT2D eigenvalue weighted by Crippen LogP contribution is -2.30. The summed E-state index contributed by atoms with van der Waals surface area (Å²) in [5.74, 6) is 1.77. The van der Waals surface area contributed by atoms with Crippen LogP contribution in [-0.4, -0.2) is 22.7 Å². The van der Waals surface area contributed by atoms with Gasteiger partial charge in [-0.05, 0) is 42.3 Å². The van der Waals surface area contributed by atoms with Crippen LogP contribution in [-0.2, 0) is 6.42 Å². The van der Waals surface area contributed by atoms with E-state index in [1.165, 1.54) is 0 Å². The van der Waals surface area contributed by atoms with Crippen LogP contribution in [0.2, 0.25) is 0 Å². The highest BCUT2D eigenvalue weighted by Gasteiger charge is 2.22. The van der Waals surface area contributed by atoms with Crippen molar-refractivity contribution in [3.8, 4) is 11.5 Å². The molecule has 4 aromatic rings. The summed E-state index contributed by atoms with van der Waals surface area (Å²) < 4.78 is 10.7. The Kier molecular flexibility index (Phi) is 4.37. The van der Waals surface area contributed by atoms with Crippen molar-refractivity contribution in [1.82, 2.24) is 15.3 Å². The minimum absolute atomic E-state index is 0.177. The fourth-order valence-corrected chi connectivity index (χ4v) is 3.48. The molecule has 6 nitrogen and oxygen atoms in total. The molecule has 0 saturated heterocycles. The second kappa shape index (κ2) is 7.31. The molecule has 29 heavy (non-hydrogen) atoms. The van der Waals surface area contributed by atoms with Gasteiger partial charge >= 0.3 is 0 Å². The van der Waals surface area contributed by atoms with E-state index in [-0.39, 0.29) is 18.7 Å². The first-order chi connectivity index (χ1) is 14.3. The van der Waals surface area contributed by atoms with Crippen molar-refractivity contribution in [3.63, 3.8) is 0 Å². The molecule has 1 atom stereocenters. The van der Waals surface area contributed by atoms with Crippen LogP contribution in [0.1, 0.15) is 27.8 Å². The van der Waals surface area contributed by atoms with Gasteiger partial charge in [0, 0.05) is 5.56 Å². The molecule has 0 radical (unpaired) electrons. The zero-order valence-corrected chi connectivity index (χ0v) is 15.6. The monoisotopic (exact) mass is 385 g/mol. The predicted molar refractivity (Wildman–Crippen MR) is 109 cm³/mol. The SMILES string of the molecule is O=C(N[C@H](Cc1ccccc1)c1nc2ccccc2[nH]1)c1ccc2c(c1)OCO2. The van der Waals surface area contributed by atoms with Crippen LogP contribution in [0.5, 0.6) is 11.5 Å². The van der Waals surface area contributed by atoms with E-state index < -0.39 is 0 Å². The third-order valence-corrected chi connectivity index (χ3v) is 4.96. The van der Waals surface area contributed by atoms with Gasteiger partial charge in [0.05, 0.1) is 17.1 Å². The number of benzene rings is 3. The maximum atomic E-state index is 13.0. The lowest BCUT2D eigenvalue weighted by molar-refractivity contribution is 0.0934. The third kappa shape index (κ3) is 3.52. The van der Waals surface area contributed by atoms with Crippen LogP contribution >= 0.6 is 0 Å². The summed E-state index contributed by atoms with van der Waals surface area (Å²) in [6, 6.07) is 22.8. The molecule has 6 heteroatoms. The zero-order chi connectivity index (χ0) is 19.6. The van der Waals surface area contributed by atoms with E-state index in [0.717, 1.165) is 22.4 Å². The Balaban J connectivity index is 1.45. The highest BCUT2D eigenvalue weighted by atomic mass is 16.7. The van der Waals surface area contributed by atoms with E-state index in [2.05, 4.69) is 10.3 Å². The van der Waals surface area contributed by atoms with E-state index >= 15 is 0 Å². The van der Waals surface area contributed by atoms with Crippen LogP contribution in [0.4, 0.5) is 0 Å². The maximum Gasteiger partial charge on any atom is 0.252 e. The summed E-state index contributed by atoms with van der Waals surface area (Å²) >= 11 is 0. The Bertz CT molecular complexity index is 1140. The van der Waals surface area contributed by atoms with Crippen molar-refractivity contribution >= 4 is 16.9 Å². The molecule has 0 unspecified atom stereocenters. The highest BCUT2D eigenvalue weighted by molar-refractivity contribution is 5.95. The second-order valence-electron chi connectivity index (χ2n) is 6.92. The number of imidazole rings is 1. The molecule has 0 spiro atoms. The van der Waals surface area contributed by atoms with Crippen LogP contribution in [0.3, 0.4) is 0 Å². The average molecular weight is 385 g/mol. The molecular weight excluding hydrogens is 366 g/mol. The van der Waals surface area contributed by atoms with Crippen LogP contribution < -0.4 is 14.8 Å². The van der Waals surface area contributed by atoms with Gasteiger partial charge in [-0.25, -0.2) is 4.98 Å². The fourth-order valence-electron chi connectivity index (χ4n) is 3.48. The molecule has 0 fully saturated rings. The molecule has 1 aliphatic heterocycles. The van der Waals surface area contributed by atoms with Crippen LogP contribution in [0.15, 0.2) is 72.8 Å². The number of fused-ring (bicyclic) bond motifs is 2. The summed E-state index contributed by atoms with van der Waals surface area (Å²) in [5.41, 5.74) is 3.45. The molecule has 2 heterocycles. The largest absolute Gasteiger partial charge is 0.454 e. The normalized spacial score (nSPS) is 13.4. The lowest BCUT2D eigenvalue weighted by atomic mass is 10.0. The van der Waals surface area contributed by atoms with Crippen molar-refractivity contribution < 1.29 is 14.3 Å². The quantitative estimate of drug-likeness (QED) is 0.544. The van der Waals surface area contributed by atoms with Gasteiger partial charge in [0.15, 0.2) is 11.5 Å². The number of carbonyl (C=O) groups excluding carboxylic acids is 1. The van der Waals surface area contributed by atoms with Gasteiger partial charge in [0.2, 0.25) is 6.79 Å². The third-order valence-electron chi connectivity index (χ3n) is 4.96. The minimum atomic E-state index is -0.303. The van der Waals surface area contributed by atoms with Gasteiger partial charge in [-0.2, -0.15) is 0 Å². The van der Waals surface area contributed by atoms with Crippen molar-refractivity contribution in [2.45, 2.75) is 12.5 Å². The van der Waals surface area contributed by atoms with E-state index in [1.54, 1.807) is 18.2 Å². The van der Waals surface area contributed by atoms with Gasteiger partial charge in [-0.3, -0.25) is 4.79 Å². The number of nitrogens with one attached hydrogen (secondary N) is 2. The number of amides is 1. The Labute approximate surface area is 167 Å². The van der Waals surface area contributed by atoms with Crippen LogP contribution in [0.25, 0.3) is 11.0 Å². The number of aromatic amines is 1. The molecule has 1 amide bonds. The number of para-hydroxylation sites is 2. The topological polar surface area (TPSA) is 76.2 Å². The molecule has 2 N–H and O–H groups in total. The minimum Gasteiger partial charge on any atom is -0.454 e. The average Bonchev–Trinajstić information content (AvgIpc) is 3.40. The number of carbonyl (C=O) groups is 1. The van der Waals surface area contributed by atoms with E-state index in [9.17, 15) is 4.79 Å². The lowest BCUT2D eigenvalue weighted by Gasteiger charge is -2.17. The zero-order valence-electron chi connectivity index (χ0n) is 15.6. The number of nitrogens with zero attached hydrogens (tertiary/aromatic N) is 1. The number of aromatic nitrogens is 2. The summed E-state index contributed by atoms with van der Waals surface area (Å²) in [5, 5.41) is 3.12. The van der Waals surface area contributed by atoms with Crippen molar-refractivity contribution in [2.75, 3.05) is 6.79 Å². The van der Waals surface area contributed by atoms with Gasteiger partial charge < -0.3 is 19.8 Å². The van der Waals surface area contributed by atoms with Crippen molar-refractivity contribution in [1.29, 1.82) is 0 Å². The maximum absolute atomic E-state index is 13.0. The van der Waals surface area contributed by atoms with Crippen LogP contribution in [0, 0.1) is 0 Å². The molecule has 1 aromatic heterocycles. The predicted octanol–water partition coefficient (Wildman–Crippen LogP) is 4.01. The molecule has 1 aliphatic rings. The Hall–Kier alpha value is -3.80. The molecule has 144 valence electrons. The van der Waals surface area contributed by atoms with Gasteiger partial charge in [-0.1, -0.05) is 42.5 Å². The number of hydrogen-bond donors (Lipinski definition) is 2. The second-order valence-corrected chi connectivity index (χ2v) is 6.92. The molecule has 0 aliphatic carbocycles. The summed E-state index contributed by atoms with van der Waals surface area (Å²) in [6.07, 6.45) is 0.622. The standard InChI is InChI=1S/C23H19N3O3/c27-23(16-10-11-20-21(13-16)29-14-28-20)26-19(12-15-6-2-1-3-7-15)22-24-17-8-4-5-9-18(17)25-22/h1-11,13,19H,12,14H2,(H,24,25)(H,26,27)/t19-/m1/s1. The molecular formula is C23H19N3O3. The smallest absolute Gasteiger partial charge is 0.252 e. The van der Waals surface area contributed by atoms with E-state index in [4.69, 9.17) is 14.5 Å². The molecule has 3 aromatic carbocycles. The van der Waals surface area contributed by atoms with Gasteiger partial charge in [-0.15, -0.1) is 0 Å². The Morgan fingerprint density at radius 2 is 1.79 bits per heavy atom. The fraction of sp³-hybridized carbons (Fsp3) is 0.130. The molecule has 5 rings (SSSR count). The first-order valence-corrected chi connectivity index (χ1v) is 9.45. The summed E-state index contributed by atoms with van der Waals surface area (Å²) in [7, 11) is 0.